The first kappa shape index (κ1) is 16.1. The van der Waals surface area contributed by atoms with Crippen LogP contribution in [0.2, 0.25) is 0 Å². The van der Waals surface area contributed by atoms with Gasteiger partial charge in [0.05, 0.1) is 14.2 Å². The Morgan fingerprint density at radius 3 is 2.10 bits per heavy atom. The van der Waals surface area contributed by atoms with Crippen molar-refractivity contribution in [2.24, 2.45) is 5.73 Å². The van der Waals surface area contributed by atoms with E-state index >= 15 is 0 Å². The first-order chi connectivity index (χ1) is 9.81. The molecule has 0 unspecified atom stereocenters. The molecule has 6 heteroatoms. The lowest BCUT2D eigenvalue weighted by atomic mass is 9.77. The predicted molar refractivity (Wildman–Crippen MR) is 81.6 cm³/mol. The molecule has 0 atom stereocenters. The molecule has 1 aromatic rings. The monoisotopic (exact) mass is 313 g/mol. The predicted octanol–water partition coefficient (Wildman–Crippen LogP) is 2.23. The van der Waals surface area contributed by atoms with Crippen molar-refractivity contribution in [2.75, 3.05) is 20.5 Å². The molecular weight excluding hydrogens is 290 g/mol. The molecular formula is C15H23NO4S. The molecule has 0 spiro atoms. The third-order valence-corrected chi connectivity index (χ3v) is 5.29. The van der Waals surface area contributed by atoms with Gasteiger partial charge in [-0.3, -0.25) is 0 Å². The molecule has 1 saturated carbocycles. The van der Waals surface area contributed by atoms with Crippen LogP contribution in [0.3, 0.4) is 0 Å². The van der Waals surface area contributed by atoms with E-state index in [1.54, 1.807) is 6.07 Å². The lowest BCUT2D eigenvalue weighted by Gasteiger charge is -2.35. The molecule has 0 aromatic heterocycles. The third kappa shape index (κ3) is 3.16. The Bertz CT molecular complexity index is 619. The van der Waals surface area contributed by atoms with Crippen LogP contribution in [0.15, 0.2) is 17.0 Å². The molecule has 0 amide bonds. The molecule has 0 bridgehead atoms. The molecule has 0 saturated heterocycles. The van der Waals surface area contributed by atoms with Crippen LogP contribution in [0.25, 0.3) is 0 Å². The van der Waals surface area contributed by atoms with E-state index in [1.807, 2.05) is 0 Å². The largest absolute Gasteiger partial charge is 0.496 e. The quantitative estimate of drug-likeness (QED) is 0.922. The van der Waals surface area contributed by atoms with Crippen LogP contribution in [0.5, 0.6) is 11.5 Å². The number of methoxy groups -OCH3 is 2. The lowest BCUT2D eigenvalue weighted by Crippen LogP contribution is -2.39. The molecule has 2 N–H and O–H groups in total. The highest BCUT2D eigenvalue weighted by Crippen LogP contribution is 2.42. The second-order valence-electron chi connectivity index (χ2n) is 5.69. The zero-order valence-electron chi connectivity index (χ0n) is 12.8. The second kappa shape index (κ2) is 5.85. The fourth-order valence-electron chi connectivity index (χ4n) is 3.00. The maximum Gasteiger partial charge on any atom is 0.179 e. The first-order valence-corrected chi connectivity index (χ1v) is 8.96. The Morgan fingerprint density at radius 1 is 1.05 bits per heavy atom. The Morgan fingerprint density at radius 2 is 1.62 bits per heavy atom. The minimum Gasteiger partial charge on any atom is -0.496 e. The standard InChI is InChI=1S/C15H23NO4S/c1-19-12-10-14(21(3,17)18)13(20-2)9-11(12)15(16)7-5-4-6-8-15/h9-10H,4-8,16H2,1-3H3. The smallest absolute Gasteiger partial charge is 0.179 e. The van der Waals surface area contributed by atoms with Crippen molar-refractivity contribution in [2.45, 2.75) is 42.5 Å². The fraction of sp³-hybridized carbons (Fsp3) is 0.600. The van der Waals surface area contributed by atoms with Gasteiger partial charge in [0.25, 0.3) is 0 Å². The van der Waals surface area contributed by atoms with E-state index in [0.29, 0.717) is 11.5 Å². The number of nitrogens with two attached hydrogens (primary N) is 1. The second-order valence-corrected chi connectivity index (χ2v) is 7.68. The zero-order chi connectivity index (χ0) is 15.7. The van der Waals surface area contributed by atoms with Gasteiger partial charge in [0, 0.05) is 23.4 Å². The number of hydrogen-bond acceptors (Lipinski definition) is 5. The lowest BCUT2D eigenvalue weighted by molar-refractivity contribution is 0.286. The molecule has 5 nitrogen and oxygen atoms in total. The summed E-state index contributed by atoms with van der Waals surface area (Å²) in [5.74, 6) is 0.837. The third-order valence-electron chi connectivity index (χ3n) is 4.17. The molecule has 1 aromatic carbocycles. The summed E-state index contributed by atoms with van der Waals surface area (Å²) in [6.45, 7) is 0. The van der Waals surface area contributed by atoms with Crippen LogP contribution >= 0.6 is 0 Å². The summed E-state index contributed by atoms with van der Waals surface area (Å²) in [7, 11) is -0.397. The van der Waals surface area contributed by atoms with Crippen molar-refractivity contribution in [3.8, 4) is 11.5 Å². The fourth-order valence-corrected chi connectivity index (χ4v) is 3.83. The minimum atomic E-state index is -3.39. The van der Waals surface area contributed by atoms with Gasteiger partial charge in [-0.25, -0.2) is 8.42 Å². The average molecular weight is 313 g/mol. The van der Waals surface area contributed by atoms with E-state index in [-0.39, 0.29) is 4.90 Å². The van der Waals surface area contributed by atoms with Crippen LogP contribution in [-0.2, 0) is 15.4 Å². The molecule has 118 valence electrons. The number of sulfone groups is 1. The Kier molecular flexibility index (Phi) is 4.49. The highest BCUT2D eigenvalue weighted by molar-refractivity contribution is 7.90. The van der Waals surface area contributed by atoms with Gasteiger partial charge in [0.2, 0.25) is 0 Å². The van der Waals surface area contributed by atoms with Crippen molar-refractivity contribution in [3.05, 3.63) is 17.7 Å². The summed E-state index contributed by atoms with van der Waals surface area (Å²) in [6.07, 6.45) is 6.20. The highest BCUT2D eigenvalue weighted by atomic mass is 32.2. The van der Waals surface area contributed by atoms with Crippen molar-refractivity contribution < 1.29 is 17.9 Å². The van der Waals surface area contributed by atoms with Crippen molar-refractivity contribution in [1.82, 2.24) is 0 Å². The summed E-state index contributed by atoms with van der Waals surface area (Å²) in [5, 5.41) is 0. The number of benzene rings is 1. The summed E-state index contributed by atoms with van der Waals surface area (Å²) in [5.41, 5.74) is 6.90. The van der Waals surface area contributed by atoms with Gasteiger partial charge in [0.15, 0.2) is 9.84 Å². The van der Waals surface area contributed by atoms with E-state index in [9.17, 15) is 8.42 Å². The number of ether oxygens (including phenoxy) is 2. The number of rotatable bonds is 4. The van der Waals surface area contributed by atoms with Gasteiger partial charge < -0.3 is 15.2 Å². The molecule has 21 heavy (non-hydrogen) atoms. The zero-order valence-corrected chi connectivity index (χ0v) is 13.6. The van der Waals surface area contributed by atoms with Crippen molar-refractivity contribution >= 4 is 9.84 Å². The van der Waals surface area contributed by atoms with Crippen LogP contribution in [-0.4, -0.2) is 28.9 Å². The minimum absolute atomic E-state index is 0.130. The molecule has 0 aliphatic heterocycles. The first-order valence-electron chi connectivity index (χ1n) is 7.07. The molecule has 0 radical (unpaired) electrons. The van der Waals surface area contributed by atoms with Crippen LogP contribution in [0, 0.1) is 0 Å². The van der Waals surface area contributed by atoms with Gasteiger partial charge in [-0.15, -0.1) is 0 Å². The molecule has 1 aliphatic carbocycles. The van der Waals surface area contributed by atoms with Crippen LogP contribution < -0.4 is 15.2 Å². The van der Waals surface area contributed by atoms with E-state index in [4.69, 9.17) is 15.2 Å². The van der Waals surface area contributed by atoms with Gasteiger partial charge >= 0.3 is 0 Å². The van der Waals surface area contributed by atoms with E-state index < -0.39 is 15.4 Å². The molecule has 1 aliphatic rings. The highest BCUT2D eigenvalue weighted by Gasteiger charge is 2.34. The Balaban J connectivity index is 2.61. The van der Waals surface area contributed by atoms with Gasteiger partial charge in [-0.2, -0.15) is 0 Å². The number of hydrogen-bond donors (Lipinski definition) is 1. The van der Waals surface area contributed by atoms with Crippen molar-refractivity contribution in [1.29, 1.82) is 0 Å². The SMILES string of the molecule is COc1cc(S(C)(=O)=O)c(OC)cc1C1(N)CCCCC1. The van der Waals surface area contributed by atoms with Gasteiger partial charge in [0.1, 0.15) is 16.4 Å². The average Bonchev–Trinajstić information content (AvgIpc) is 2.45. The van der Waals surface area contributed by atoms with Gasteiger partial charge in [-0.05, 0) is 18.9 Å². The maximum absolute atomic E-state index is 11.9. The molecule has 2 rings (SSSR count). The van der Waals surface area contributed by atoms with E-state index in [0.717, 1.165) is 37.5 Å². The summed E-state index contributed by atoms with van der Waals surface area (Å²) in [4.78, 5) is 0.130. The van der Waals surface area contributed by atoms with Crippen LogP contribution in [0.4, 0.5) is 0 Å². The Labute approximate surface area is 126 Å². The molecule has 1 fully saturated rings. The van der Waals surface area contributed by atoms with Crippen molar-refractivity contribution in [3.63, 3.8) is 0 Å². The van der Waals surface area contributed by atoms with Gasteiger partial charge in [-0.1, -0.05) is 19.3 Å². The Hall–Kier alpha value is -1.27. The molecule has 0 heterocycles. The van der Waals surface area contributed by atoms with E-state index in [2.05, 4.69) is 0 Å². The summed E-state index contributed by atoms with van der Waals surface area (Å²) < 4.78 is 34.4. The summed E-state index contributed by atoms with van der Waals surface area (Å²) >= 11 is 0. The normalized spacial score (nSPS) is 18.3. The topological polar surface area (TPSA) is 78.6 Å². The summed E-state index contributed by atoms with van der Waals surface area (Å²) in [6, 6.07) is 3.24. The van der Waals surface area contributed by atoms with E-state index in [1.165, 1.54) is 26.7 Å². The van der Waals surface area contributed by atoms with Crippen LogP contribution in [0.1, 0.15) is 37.7 Å². The maximum atomic E-state index is 11.9.